The Morgan fingerprint density at radius 3 is 2.81 bits per heavy atom. The molecule has 0 aliphatic heterocycles. The minimum atomic E-state index is -0.429. The van der Waals surface area contributed by atoms with Crippen LogP contribution in [0.3, 0.4) is 0 Å². The summed E-state index contributed by atoms with van der Waals surface area (Å²) in [6.07, 6.45) is 0.111. The molecule has 1 aromatic rings. The van der Waals surface area contributed by atoms with Crippen molar-refractivity contribution < 1.29 is 14.6 Å². The van der Waals surface area contributed by atoms with Crippen molar-refractivity contribution in [2.24, 2.45) is 5.73 Å². The Labute approximate surface area is 125 Å². The Hall–Kier alpha value is -2.03. The number of hydrogen-bond donors (Lipinski definition) is 2. The van der Waals surface area contributed by atoms with E-state index in [0.717, 1.165) is 0 Å². The largest absolute Gasteiger partial charge is 0.495 e. The molecule has 1 aromatic carbocycles. The Morgan fingerprint density at radius 2 is 2.24 bits per heavy atom. The molecule has 0 aliphatic rings. The smallest absolute Gasteiger partial charge is 0.253 e. The van der Waals surface area contributed by atoms with Gasteiger partial charge in [-0.05, 0) is 31.5 Å². The maximum absolute atomic E-state index is 12.3. The van der Waals surface area contributed by atoms with Crippen molar-refractivity contribution in [2.45, 2.75) is 19.4 Å². The van der Waals surface area contributed by atoms with Crippen LogP contribution in [0.1, 0.15) is 29.3 Å². The number of methoxy groups -OCH3 is 1. The summed E-state index contributed by atoms with van der Waals surface area (Å²) < 4.78 is 5.22. The SMILES string of the molecule is COc1ccc(C(=O)N(C)CCC(C)O)cc1C#CCN. The van der Waals surface area contributed by atoms with Gasteiger partial charge >= 0.3 is 0 Å². The molecule has 1 amide bonds. The summed E-state index contributed by atoms with van der Waals surface area (Å²) in [5.74, 6) is 6.15. The lowest BCUT2D eigenvalue weighted by Crippen LogP contribution is -2.29. The Balaban J connectivity index is 2.94. The van der Waals surface area contributed by atoms with Crippen LogP contribution in [-0.4, -0.2) is 49.3 Å². The molecule has 0 radical (unpaired) electrons. The van der Waals surface area contributed by atoms with Gasteiger partial charge in [-0.2, -0.15) is 0 Å². The van der Waals surface area contributed by atoms with Crippen molar-refractivity contribution in [3.05, 3.63) is 29.3 Å². The fourth-order valence-electron chi connectivity index (χ4n) is 1.79. The molecule has 3 N–H and O–H groups in total. The van der Waals surface area contributed by atoms with Gasteiger partial charge in [0.25, 0.3) is 5.91 Å². The van der Waals surface area contributed by atoms with E-state index in [1.807, 2.05) is 0 Å². The Kier molecular flexibility index (Phi) is 6.73. The third kappa shape index (κ3) is 5.10. The highest BCUT2D eigenvalue weighted by molar-refractivity contribution is 5.94. The normalized spacial score (nSPS) is 11.3. The van der Waals surface area contributed by atoms with Crippen molar-refractivity contribution >= 4 is 5.91 Å². The number of carbonyl (C=O) groups excluding carboxylic acids is 1. The van der Waals surface area contributed by atoms with E-state index in [0.29, 0.717) is 29.8 Å². The topological polar surface area (TPSA) is 75.8 Å². The van der Waals surface area contributed by atoms with Gasteiger partial charge in [0.15, 0.2) is 0 Å². The quantitative estimate of drug-likeness (QED) is 0.788. The highest BCUT2D eigenvalue weighted by Crippen LogP contribution is 2.19. The molecule has 5 heteroatoms. The van der Waals surface area contributed by atoms with E-state index in [1.54, 1.807) is 44.2 Å². The second-order valence-electron chi connectivity index (χ2n) is 4.79. The first-order chi connectivity index (χ1) is 9.99. The van der Waals surface area contributed by atoms with Gasteiger partial charge in [0.2, 0.25) is 0 Å². The van der Waals surface area contributed by atoms with Crippen molar-refractivity contribution in [1.29, 1.82) is 0 Å². The van der Waals surface area contributed by atoms with Crippen LogP contribution in [0.2, 0.25) is 0 Å². The lowest BCUT2D eigenvalue weighted by atomic mass is 10.1. The highest BCUT2D eigenvalue weighted by atomic mass is 16.5. The fourth-order valence-corrected chi connectivity index (χ4v) is 1.79. The molecule has 0 aliphatic carbocycles. The second-order valence-corrected chi connectivity index (χ2v) is 4.79. The third-order valence-corrected chi connectivity index (χ3v) is 3.00. The maximum atomic E-state index is 12.3. The van der Waals surface area contributed by atoms with Crippen LogP contribution in [0.5, 0.6) is 5.75 Å². The van der Waals surface area contributed by atoms with E-state index in [1.165, 1.54) is 0 Å². The summed E-state index contributed by atoms with van der Waals surface area (Å²) in [4.78, 5) is 13.9. The van der Waals surface area contributed by atoms with Crippen LogP contribution < -0.4 is 10.5 Å². The van der Waals surface area contributed by atoms with E-state index < -0.39 is 6.10 Å². The number of aliphatic hydroxyl groups is 1. The predicted octanol–water partition coefficient (Wildman–Crippen LogP) is 0.848. The molecule has 5 nitrogen and oxygen atoms in total. The number of rotatable bonds is 5. The Bertz CT molecular complexity index is 544. The van der Waals surface area contributed by atoms with Gasteiger partial charge in [-0.3, -0.25) is 4.79 Å². The van der Waals surface area contributed by atoms with Crippen LogP contribution in [0, 0.1) is 11.8 Å². The average Bonchev–Trinajstić information content (AvgIpc) is 2.49. The number of benzene rings is 1. The third-order valence-electron chi connectivity index (χ3n) is 3.00. The van der Waals surface area contributed by atoms with Crippen LogP contribution in [0.25, 0.3) is 0 Å². The fraction of sp³-hybridized carbons (Fsp3) is 0.438. The minimum Gasteiger partial charge on any atom is -0.495 e. The Morgan fingerprint density at radius 1 is 1.52 bits per heavy atom. The van der Waals surface area contributed by atoms with Crippen molar-refractivity contribution in [3.63, 3.8) is 0 Å². The van der Waals surface area contributed by atoms with Crippen LogP contribution in [0.15, 0.2) is 18.2 Å². The van der Waals surface area contributed by atoms with Gasteiger partial charge in [0.1, 0.15) is 5.75 Å². The van der Waals surface area contributed by atoms with Gasteiger partial charge < -0.3 is 20.5 Å². The average molecular weight is 290 g/mol. The van der Waals surface area contributed by atoms with Crippen molar-refractivity contribution in [1.82, 2.24) is 4.90 Å². The summed E-state index contributed by atoms with van der Waals surface area (Å²) in [5.41, 5.74) is 6.54. The van der Waals surface area contributed by atoms with Gasteiger partial charge in [-0.15, -0.1) is 0 Å². The zero-order valence-electron chi connectivity index (χ0n) is 12.7. The monoisotopic (exact) mass is 290 g/mol. The minimum absolute atomic E-state index is 0.117. The molecular weight excluding hydrogens is 268 g/mol. The number of amides is 1. The number of hydrogen-bond acceptors (Lipinski definition) is 4. The summed E-state index contributed by atoms with van der Waals surface area (Å²) in [5, 5.41) is 9.28. The molecule has 0 saturated heterocycles. The zero-order chi connectivity index (χ0) is 15.8. The summed E-state index contributed by atoms with van der Waals surface area (Å²) in [7, 11) is 3.26. The molecule has 1 atom stereocenters. The molecule has 0 bridgehead atoms. The van der Waals surface area contributed by atoms with Crippen LogP contribution in [-0.2, 0) is 0 Å². The van der Waals surface area contributed by atoms with Gasteiger partial charge in [-0.1, -0.05) is 11.8 Å². The number of carbonyl (C=O) groups is 1. The lowest BCUT2D eigenvalue weighted by molar-refractivity contribution is 0.0769. The molecule has 0 fully saturated rings. The molecule has 0 aromatic heterocycles. The number of ether oxygens (including phenoxy) is 1. The van der Waals surface area contributed by atoms with E-state index in [9.17, 15) is 9.90 Å². The van der Waals surface area contributed by atoms with Crippen LogP contribution >= 0.6 is 0 Å². The van der Waals surface area contributed by atoms with Crippen molar-refractivity contribution in [2.75, 3.05) is 27.2 Å². The van der Waals surface area contributed by atoms with E-state index in [2.05, 4.69) is 11.8 Å². The number of nitrogens with zero attached hydrogens (tertiary/aromatic N) is 1. The summed E-state index contributed by atoms with van der Waals surface area (Å²) in [6, 6.07) is 5.12. The molecule has 21 heavy (non-hydrogen) atoms. The number of aliphatic hydroxyl groups excluding tert-OH is 1. The van der Waals surface area contributed by atoms with Gasteiger partial charge in [-0.25, -0.2) is 0 Å². The predicted molar refractivity (Wildman–Crippen MR) is 82.2 cm³/mol. The van der Waals surface area contributed by atoms with Crippen LogP contribution in [0.4, 0.5) is 0 Å². The van der Waals surface area contributed by atoms with E-state index in [4.69, 9.17) is 10.5 Å². The molecule has 114 valence electrons. The molecular formula is C16H22N2O3. The van der Waals surface area contributed by atoms with E-state index >= 15 is 0 Å². The molecule has 0 heterocycles. The zero-order valence-corrected chi connectivity index (χ0v) is 12.7. The number of nitrogens with two attached hydrogens (primary N) is 1. The lowest BCUT2D eigenvalue weighted by Gasteiger charge is -2.18. The molecule has 0 saturated carbocycles. The summed E-state index contributed by atoms with van der Waals surface area (Å²) in [6.45, 7) is 2.44. The molecule has 1 rings (SSSR count). The molecule has 1 unspecified atom stereocenters. The van der Waals surface area contributed by atoms with E-state index in [-0.39, 0.29) is 12.5 Å². The summed E-state index contributed by atoms with van der Waals surface area (Å²) >= 11 is 0. The van der Waals surface area contributed by atoms with Crippen molar-refractivity contribution in [3.8, 4) is 17.6 Å². The maximum Gasteiger partial charge on any atom is 0.253 e. The van der Waals surface area contributed by atoms with Gasteiger partial charge in [0.05, 0.1) is 25.3 Å². The highest BCUT2D eigenvalue weighted by Gasteiger charge is 2.14. The first-order valence-corrected chi connectivity index (χ1v) is 6.80. The molecule has 0 spiro atoms. The first kappa shape index (κ1) is 17.0. The first-order valence-electron chi connectivity index (χ1n) is 6.80. The van der Waals surface area contributed by atoms with Gasteiger partial charge in [0, 0.05) is 19.2 Å². The standard InChI is InChI=1S/C16H22N2O3/c1-12(19)8-10-18(2)16(20)14-6-7-15(21-3)13(11-14)5-4-9-17/h6-7,11-12,19H,8-10,17H2,1-3H3. The second kappa shape index (κ2) is 8.30.